The lowest BCUT2D eigenvalue weighted by Gasteiger charge is -2.07. The second kappa shape index (κ2) is 7.17. The molecule has 1 amide bonds. The van der Waals surface area contributed by atoms with E-state index in [0.717, 1.165) is 12.0 Å². The number of rotatable bonds is 6. The SMILES string of the molecule is COc1ccc(/C=N/NC(=O)C2CC2c2ccccc2)cc1OC. The maximum absolute atomic E-state index is 12.1. The Bertz CT molecular complexity index is 744. The van der Waals surface area contributed by atoms with Crippen LogP contribution >= 0.6 is 0 Å². The predicted molar refractivity (Wildman–Crippen MR) is 92.6 cm³/mol. The van der Waals surface area contributed by atoms with Gasteiger partial charge in [-0.05, 0) is 41.7 Å². The van der Waals surface area contributed by atoms with Crippen LogP contribution in [0.3, 0.4) is 0 Å². The molecule has 0 aromatic heterocycles. The fourth-order valence-corrected chi connectivity index (χ4v) is 2.74. The number of hydrogen-bond acceptors (Lipinski definition) is 4. The quantitative estimate of drug-likeness (QED) is 0.656. The third-order valence-corrected chi connectivity index (χ3v) is 4.15. The van der Waals surface area contributed by atoms with E-state index in [-0.39, 0.29) is 11.8 Å². The first-order valence-corrected chi connectivity index (χ1v) is 7.83. The molecule has 5 heteroatoms. The zero-order valence-corrected chi connectivity index (χ0v) is 13.7. The van der Waals surface area contributed by atoms with Crippen LogP contribution < -0.4 is 14.9 Å². The van der Waals surface area contributed by atoms with E-state index in [1.54, 1.807) is 32.6 Å². The first-order chi connectivity index (χ1) is 11.7. The Morgan fingerprint density at radius 1 is 1.12 bits per heavy atom. The van der Waals surface area contributed by atoms with Crippen molar-refractivity contribution in [2.45, 2.75) is 12.3 Å². The van der Waals surface area contributed by atoms with E-state index < -0.39 is 0 Å². The first-order valence-electron chi connectivity index (χ1n) is 7.83. The summed E-state index contributed by atoms with van der Waals surface area (Å²) in [5, 5.41) is 4.04. The highest BCUT2D eigenvalue weighted by molar-refractivity contribution is 5.86. The minimum Gasteiger partial charge on any atom is -0.493 e. The molecule has 24 heavy (non-hydrogen) atoms. The van der Waals surface area contributed by atoms with Crippen molar-refractivity contribution in [1.82, 2.24) is 5.43 Å². The summed E-state index contributed by atoms with van der Waals surface area (Å²) in [6.07, 6.45) is 2.47. The van der Waals surface area contributed by atoms with Gasteiger partial charge in [0.15, 0.2) is 11.5 Å². The van der Waals surface area contributed by atoms with Crippen LogP contribution in [0, 0.1) is 5.92 Å². The van der Waals surface area contributed by atoms with Crippen molar-refractivity contribution in [3.63, 3.8) is 0 Å². The lowest BCUT2D eigenvalue weighted by atomic mass is 10.1. The van der Waals surface area contributed by atoms with E-state index in [1.807, 2.05) is 24.3 Å². The van der Waals surface area contributed by atoms with Gasteiger partial charge in [0.1, 0.15) is 0 Å². The second-order valence-electron chi connectivity index (χ2n) is 5.71. The maximum Gasteiger partial charge on any atom is 0.243 e. The molecule has 0 bridgehead atoms. The van der Waals surface area contributed by atoms with Gasteiger partial charge in [-0.15, -0.1) is 0 Å². The molecule has 1 fully saturated rings. The van der Waals surface area contributed by atoms with Crippen molar-refractivity contribution in [2.75, 3.05) is 14.2 Å². The van der Waals surface area contributed by atoms with E-state index in [0.29, 0.717) is 17.4 Å². The fourth-order valence-electron chi connectivity index (χ4n) is 2.74. The van der Waals surface area contributed by atoms with Crippen LogP contribution in [0.5, 0.6) is 11.5 Å². The van der Waals surface area contributed by atoms with Crippen LogP contribution in [0.2, 0.25) is 0 Å². The van der Waals surface area contributed by atoms with Crippen LogP contribution in [0.4, 0.5) is 0 Å². The molecular weight excluding hydrogens is 304 g/mol. The van der Waals surface area contributed by atoms with Gasteiger partial charge in [-0.25, -0.2) is 5.43 Å². The lowest BCUT2D eigenvalue weighted by Crippen LogP contribution is -2.20. The van der Waals surface area contributed by atoms with Crippen molar-refractivity contribution in [1.29, 1.82) is 0 Å². The third-order valence-electron chi connectivity index (χ3n) is 4.15. The summed E-state index contributed by atoms with van der Waals surface area (Å²) in [6, 6.07) is 15.5. The van der Waals surface area contributed by atoms with Gasteiger partial charge >= 0.3 is 0 Å². The number of amides is 1. The van der Waals surface area contributed by atoms with Gasteiger partial charge in [0, 0.05) is 5.92 Å². The number of nitrogens with zero attached hydrogens (tertiary/aromatic N) is 1. The minimum absolute atomic E-state index is 0.00922. The van der Waals surface area contributed by atoms with Crippen molar-refractivity contribution in [3.05, 3.63) is 59.7 Å². The van der Waals surface area contributed by atoms with Crippen molar-refractivity contribution in [2.24, 2.45) is 11.0 Å². The van der Waals surface area contributed by atoms with E-state index in [4.69, 9.17) is 9.47 Å². The normalized spacial score (nSPS) is 19.1. The maximum atomic E-state index is 12.1. The molecule has 2 aromatic carbocycles. The van der Waals surface area contributed by atoms with E-state index in [2.05, 4.69) is 22.7 Å². The Morgan fingerprint density at radius 3 is 2.58 bits per heavy atom. The van der Waals surface area contributed by atoms with Gasteiger partial charge in [0.2, 0.25) is 5.91 Å². The molecule has 0 aliphatic heterocycles. The Balaban J connectivity index is 1.56. The average Bonchev–Trinajstić information content (AvgIpc) is 3.43. The Morgan fingerprint density at radius 2 is 1.88 bits per heavy atom. The molecule has 3 rings (SSSR count). The monoisotopic (exact) mass is 324 g/mol. The van der Waals surface area contributed by atoms with Crippen LogP contribution in [-0.4, -0.2) is 26.3 Å². The van der Waals surface area contributed by atoms with Gasteiger partial charge < -0.3 is 9.47 Å². The Hall–Kier alpha value is -2.82. The number of hydrogen-bond donors (Lipinski definition) is 1. The third kappa shape index (κ3) is 3.56. The number of nitrogens with one attached hydrogen (secondary N) is 1. The Kier molecular flexibility index (Phi) is 4.79. The summed E-state index contributed by atoms with van der Waals surface area (Å²) in [5.41, 5.74) is 4.65. The van der Waals surface area contributed by atoms with Gasteiger partial charge in [-0.1, -0.05) is 30.3 Å². The molecule has 0 spiro atoms. The van der Waals surface area contributed by atoms with Gasteiger partial charge in [0.25, 0.3) is 0 Å². The van der Waals surface area contributed by atoms with Gasteiger partial charge in [0.05, 0.1) is 20.4 Å². The molecule has 1 aliphatic carbocycles. The molecule has 1 aliphatic rings. The summed E-state index contributed by atoms with van der Waals surface area (Å²) in [5.74, 6) is 1.56. The van der Waals surface area contributed by atoms with Gasteiger partial charge in [-0.3, -0.25) is 4.79 Å². The number of carbonyl (C=O) groups is 1. The van der Waals surface area contributed by atoms with Crippen molar-refractivity contribution >= 4 is 12.1 Å². The molecule has 2 aromatic rings. The number of hydrazone groups is 1. The summed E-state index contributed by atoms with van der Waals surface area (Å²) in [6.45, 7) is 0. The molecule has 2 atom stereocenters. The van der Waals surface area contributed by atoms with Crippen molar-refractivity contribution in [3.8, 4) is 11.5 Å². The van der Waals surface area contributed by atoms with Crippen molar-refractivity contribution < 1.29 is 14.3 Å². The standard InChI is InChI=1S/C19H20N2O3/c1-23-17-9-8-13(10-18(17)24-2)12-20-21-19(22)16-11-15(16)14-6-4-3-5-7-14/h3-10,12,15-16H,11H2,1-2H3,(H,21,22)/b20-12+. The second-order valence-corrected chi connectivity index (χ2v) is 5.71. The van der Waals surface area contributed by atoms with Crippen LogP contribution in [0.25, 0.3) is 0 Å². The molecule has 124 valence electrons. The summed E-state index contributed by atoms with van der Waals surface area (Å²) in [4.78, 5) is 12.1. The fraction of sp³-hybridized carbons (Fsp3) is 0.263. The topological polar surface area (TPSA) is 59.9 Å². The summed E-state index contributed by atoms with van der Waals surface area (Å²) in [7, 11) is 3.17. The largest absolute Gasteiger partial charge is 0.493 e. The van der Waals surface area contributed by atoms with Crippen LogP contribution in [0.1, 0.15) is 23.5 Å². The minimum atomic E-state index is -0.0411. The van der Waals surface area contributed by atoms with Crippen LogP contribution in [-0.2, 0) is 4.79 Å². The van der Waals surface area contributed by atoms with E-state index in [9.17, 15) is 4.79 Å². The molecule has 0 heterocycles. The average molecular weight is 324 g/mol. The zero-order valence-electron chi connectivity index (χ0n) is 13.7. The molecular formula is C19H20N2O3. The molecule has 0 radical (unpaired) electrons. The number of carbonyl (C=O) groups excluding carboxylic acids is 1. The lowest BCUT2D eigenvalue weighted by molar-refractivity contribution is -0.122. The predicted octanol–water partition coefficient (Wildman–Crippen LogP) is 2.96. The number of methoxy groups -OCH3 is 2. The summed E-state index contributed by atoms with van der Waals surface area (Å²) >= 11 is 0. The molecule has 1 saturated carbocycles. The molecule has 5 nitrogen and oxygen atoms in total. The van der Waals surface area contributed by atoms with Gasteiger partial charge in [-0.2, -0.15) is 5.10 Å². The number of benzene rings is 2. The first kappa shape index (κ1) is 16.1. The summed E-state index contributed by atoms with van der Waals surface area (Å²) < 4.78 is 10.4. The number of ether oxygens (including phenoxy) is 2. The highest BCUT2D eigenvalue weighted by Gasteiger charge is 2.43. The molecule has 1 N–H and O–H groups in total. The molecule has 0 saturated heterocycles. The molecule has 2 unspecified atom stereocenters. The zero-order chi connectivity index (χ0) is 16.9. The highest BCUT2D eigenvalue weighted by Crippen LogP contribution is 2.47. The van der Waals surface area contributed by atoms with Crippen LogP contribution in [0.15, 0.2) is 53.6 Å². The van der Waals surface area contributed by atoms with E-state index in [1.165, 1.54) is 5.56 Å². The Labute approximate surface area is 141 Å². The highest BCUT2D eigenvalue weighted by atomic mass is 16.5. The van der Waals surface area contributed by atoms with E-state index >= 15 is 0 Å². The smallest absolute Gasteiger partial charge is 0.243 e.